The van der Waals surface area contributed by atoms with E-state index < -0.39 is 6.09 Å². The van der Waals surface area contributed by atoms with Gasteiger partial charge in [0.2, 0.25) is 0 Å². The van der Waals surface area contributed by atoms with Crippen molar-refractivity contribution in [1.82, 2.24) is 0 Å². The van der Waals surface area contributed by atoms with Crippen LogP contribution >= 0.6 is 0 Å². The predicted octanol–water partition coefficient (Wildman–Crippen LogP) is 2.40. The normalized spacial score (nSPS) is 9.64. The van der Waals surface area contributed by atoms with Crippen LogP contribution in [0, 0.1) is 13.8 Å². The van der Waals surface area contributed by atoms with Crippen LogP contribution in [-0.4, -0.2) is 18.3 Å². The molecule has 0 bridgehead atoms. The third-order valence-electron chi connectivity index (χ3n) is 1.86. The average Bonchev–Trinajstić information content (AvgIpc) is 2.01. The minimum atomic E-state index is -1.09. The Kier molecular flexibility index (Phi) is 2.96. The van der Waals surface area contributed by atoms with Crippen molar-refractivity contribution in [2.45, 2.75) is 13.8 Å². The molecule has 0 unspecified atom stereocenters. The Morgan fingerprint density at radius 2 is 2.07 bits per heavy atom. The molecule has 1 rings (SSSR count). The van der Waals surface area contributed by atoms with Crippen LogP contribution in [0.15, 0.2) is 12.1 Å². The lowest BCUT2D eigenvalue weighted by molar-refractivity contribution is 0.209. The van der Waals surface area contributed by atoms with E-state index in [0.717, 1.165) is 11.1 Å². The smallest absolute Gasteiger partial charge is 0.409 e. The van der Waals surface area contributed by atoms with E-state index in [1.807, 2.05) is 19.9 Å². The van der Waals surface area contributed by atoms with Gasteiger partial charge in [-0.1, -0.05) is 6.07 Å². The number of amides is 1. The molecule has 0 saturated heterocycles. The first-order chi connectivity index (χ1) is 6.54. The van der Waals surface area contributed by atoms with Crippen molar-refractivity contribution in [2.24, 2.45) is 0 Å². The van der Waals surface area contributed by atoms with E-state index in [1.165, 1.54) is 7.11 Å². The summed E-state index contributed by atoms with van der Waals surface area (Å²) in [5.41, 5.74) is 2.39. The lowest BCUT2D eigenvalue weighted by Gasteiger charge is -2.11. The Morgan fingerprint density at radius 1 is 1.43 bits per heavy atom. The SMILES string of the molecule is COc1c(C)cc(C)cc1NC(=O)O. The fraction of sp³-hybridized carbons (Fsp3) is 0.300. The van der Waals surface area contributed by atoms with Crippen molar-refractivity contribution in [3.8, 4) is 5.75 Å². The molecular formula is C10H13NO3. The number of rotatable bonds is 2. The quantitative estimate of drug-likeness (QED) is 0.761. The van der Waals surface area contributed by atoms with Crippen molar-refractivity contribution >= 4 is 11.8 Å². The number of anilines is 1. The highest BCUT2D eigenvalue weighted by Gasteiger charge is 2.09. The Bertz CT molecular complexity index is 361. The van der Waals surface area contributed by atoms with Crippen LogP contribution in [0.5, 0.6) is 5.75 Å². The van der Waals surface area contributed by atoms with Gasteiger partial charge in [0.05, 0.1) is 12.8 Å². The molecule has 1 aromatic rings. The van der Waals surface area contributed by atoms with Gasteiger partial charge in [0.25, 0.3) is 0 Å². The molecule has 0 aromatic heterocycles. The van der Waals surface area contributed by atoms with E-state index in [0.29, 0.717) is 11.4 Å². The molecule has 0 atom stereocenters. The second-order valence-electron chi connectivity index (χ2n) is 3.09. The summed E-state index contributed by atoms with van der Waals surface area (Å²) in [7, 11) is 1.52. The zero-order valence-electron chi connectivity index (χ0n) is 8.42. The highest BCUT2D eigenvalue weighted by molar-refractivity contribution is 5.85. The van der Waals surface area contributed by atoms with Gasteiger partial charge in [0.15, 0.2) is 0 Å². The predicted molar refractivity (Wildman–Crippen MR) is 54.1 cm³/mol. The number of carboxylic acid groups (broad SMARTS) is 1. The summed E-state index contributed by atoms with van der Waals surface area (Å²) in [6, 6.07) is 3.67. The summed E-state index contributed by atoms with van der Waals surface area (Å²) in [5, 5.41) is 10.9. The summed E-state index contributed by atoms with van der Waals surface area (Å²) >= 11 is 0. The van der Waals surface area contributed by atoms with Crippen LogP contribution in [-0.2, 0) is 0 Å². The van der Waals surface area contributed by atoms with E-state index in [-0.39, 0.29) is 0 Å². The van der Waals surface area contributed by atoms with Gasteiger partial charge in [-0.15, -0.1) is 0 Å². The van der Waals surface area contributed by atoms with Crippen LogP contribution in [0.25, 0.3) is 0 Å². The van der Waals surface area contributed by atoms with Crippen LogP contribution in [0.3, 0.4) is 0 Å². The van der Waals surface area contributed by atoms with Gasteiger partial charge < -0.3 is 9.84 Å². The molecule has 1 aromatic carbocycles. The molecule has 4 nitrogen and oxygen atoms in total. The topological polar surface area (TPSA) is 58.6 Å². The maximum Gasteiger partial charge on any atom is 0.409 e. The largest absolute Gasteiger partial charge is 0.494 e. The molecule has 2 N–H and O–H groups in total. The highest BCUT2D eigenvalue weighted by Crippen LogP contribution is 2.29. The molecule has 0 aliphatic carbocycles. The van der Waals surface area contributed by atoms with E-state index >= 15 is 0 Å². The van der Waals surface area contributed by atoms with Crippen molar-refractivity contribution in [3.63, 3.8) is 0 Å². The zero-order chi connectivity index (χ0) is 10.7. The third-order valence-corrected chi connectivity index (χ3v) is 1.86. The molecule has 0 saturated carbocycles. The van der Waals surface area contributed by atoms with E-state index in [1.54, 1.807) is 6.07 Å². The molecule has 0 aliphatic rings. The van der Waals surface area contributed by atoms with Gasteiger partial charge in [-0.2, -0.15) is 0 Å². The van der Waals surface area contributed by atoms with Gasteiger partial charge in [-0.25, -0.2) is 4.79 Å². The van der Waals surface area contributed by atoms with Gasteiger partial charge >= 0.3 is 6.09 Å². The van der Waals surface area contributed by atoms with Crippen LogP contribution in [0.4, 0.5) is 10.5 Å². The number of hydrogen-bond donors (Lipinski definition) is 2. The molecule has 1 amide bonds. The molecule has 14 heavy (non-hydrogen) atoms. The van der Waals surface area contributed by atoms with Gasteiger partial charge in [0.1, 0.15) is 5.75 Å². The fourth-order valence-corrected chi connectivity index (χ4v) is 1.43. The van der Waals surface area contributed by atoms with Crippen LogP contribution < -0.4 is 10.1 Å². The average molecular weight is 195 g/mol. The maximum absolute atomic E-state index is 10.5. The standard InChI is InChI=1S/C10H13NO3/c1-6-4-7(2)9(14-3)8(5-6)11-10(12)13/h4-5,11H,1-3H3,(H,12,13). The van der Waals surface area contributed by atoms with E-state index in [9.17, 15) is 4.79 Å². The number of hydrogen-bond acceptors (Lipinski definition) is 2. The minimum Gasteiger partial charge on any atom is -0.494 e. The fourth-order valence-electron chi connectivity index (χ4n) is 1.43. The molecule has 76 valence electrons. The maximum atomic E-state index is 10.5. The lowest BCUT2D eigenvalue weighted by atomic mass is 10.1. The first-order valence-corrected chi connectivity index (χ1v) is 4.19. The third kappa shape index (κ3) is 2.16. The Labute approximate surface area is 82.5 Å². The monoisotopic (exact) mass is 195 g/mol. The molecule has 0 aliphatic heterocycles. The number of ether oxygens (including phenoxy) is 1. The molecular weight excluding hydrogens is 182 g/mol. The van der Waals surface area contributed by atoms with Crippen LogP contribution in [0.1, 0.15) is 11.1 Å². The summed E-state index contributed by atoms with van der Waals surface area (Å²) in [6.45, 7) is 3.78. The summed E-state index contributed by atoms with van der Waals surface area (Å²) < 4.78 is 5.11. The summed E-state index contributed by atoms with van der Waals surface area (Å²) in [5.74, 6) is 0.568. The molecule has 0 heterocycles. The molecule has 4 heteroatoms. The summed E-state index contributed by atoms with van der Waals surface area (Å²) in [6.07, 6.45) is -1.09. The zero-order valence-corrected chi connectivity index (χ0v) is 8.42. The van der Waals surface area contributed by atoms with Gasteiger partial charge in [-0.05, 0) is 31.0 Å². The first kappa shape index (κ1) is 10.4. The van der Waals surface area contributed by atoms with Crippen LogP contribution in [0.2, 0.25) is 0 Å². The number of nitrogens with one attached hydrogen (secondary N) is 1. The molecule has 0 radical (unpaired) electrons. The second-order valence-corrected chi connectivity index (χ2v) is 3.09. The first-order valence-electron chi connectivity index (χ1n) is 4.19. The molecule has 0 fully saturated rings. The number of methoxy groups -OCH3 is 1. The van der Waals surface area contributed by atoms with Crippen molar-refractivity contribution < 1.29 is 14.6 Å². The highest BCUT2D eigenvalue weighted by atomic mass is 16.5. The number of benzene rings is 1. The Morgan fingerprint density at radius 3 is 2.57 bits per heavy atom. The lowest BCUT2D eigenvalue weighted by Crippen LogP contribution is -2.09. The van der Waals surface area contributed by atoms with E-state index in [2.05, 4.69) is 5.32 Å². The Hall–Kier alpha value is -1.71. The minimum absolute atomic E-state index is 0.484. The van der Waals surface area contributed by atoms with Gasteiger partial charge in [-0.3, -0.25) is 5.32 Å². The Balaban J connectivity index is 3.17. The summed E-state index contributed by atoms with van der Waals surface area (Å²) in [4.78, 5) is 10.5. The van der Waals surface area contributed by atoms with Gasteiger partial charge in [0, 0.05) is 0 Å². The van der Waals surface area contributed by atoms with E-state index in [4.69, 9.17) is 9.84 Å². The second kappa shape index (κ2) is 4.00. The number of carbonyl (C=O) groups is 1. The van der Waals surface area contributed by atoms with Crippen molar-refractivity contribution in [1.29, 1.82) is 0 Å². The molecule has 0 spiro atoms. The van der Waals surface area contributed by atoms with Crippen molar-refractivity contribution in [3.05, 3.63) is 23.3 Å². The van der Waals surface area contributed by atoms with Crippen molar-refractivity contribution in [2.75, 3.05) is 12.4 Å². The number of aryl methyl sites for hydroxylation is 2.